The van der Waals surface area contributed by atoms with E-state index < -0.39 is 5.41 Å². The van der Waals surface area contributed by atoms with Crippen LogP contribution in [0.4, 0.5) is 5.69 Å². The highest BCUT2D eigenvalue weighted by atomic mass is 16.7. The Labute approximate surface area is 146 Å². The van der Waals surface area contributed by atoms with Crippen molar-refractivity contribution in [1.82, 2.24) is 0 Å². The van der Waals surface area contributed by atoms with Crippen LogP contribution >= 0.6 is 0 Å². The van der Waals surface area contributed by atoms with Gasteiger partial charge in [0.15, 0.2) is 23.0 Å². The first-order valence-corrected chi connectivity index (χ1v) is 7.89. The lowest BCUT2D eigenvalue weighted by Crippen LogP contribution is -2.34. The van der Waals surface area contributed by atoms with Gasteiger partial charge in [-0.2, -0.15) is 0 Å². The van der Waals surface area contributed by atoms with Gasteiger partial charge in [0, 0.05) is 11.8 Å². The number of rotatable bonds is 5. The summed E-state index contributed by atoms with van der Waals surface area (Å²) in [7, 11) is 3.12. The molecule has 6 heteroatoms. The summed E-state index contributed by atoms with van der Waals surface area (Å²) in [5.41, 5.74) is 0.722. The van der Waals surface area contributed by atoms with Gasteiger partial charge in [0.2, 0.25) is 12.7 Å². The molecule has 132 valence electrons. The van der Waals surface area contributed by atoms with E-state index in [-0.39, 0.29) is 12.7 Å². The minimum atomic E-state index is -0.756. The van der Waals surface area contributed by atoms with Crippen LogP contribution in [0.25, 0.3) is 0 Å². The maximum atomic E-state index is 12.8. The molecule has 1 aliphatic heterocycles. The molecule has 0 spiro atoms. The molecule has 25 heavy (non-hydrogen) atoms. The van der Waals surface area contributed by atoms with Crippen LogP contribution in [0.1, 0.15) is 19.4 Å². The molecular formula is C19H21NO5. The van der Waals surface area contributed by atoms with E-state index in [9.17, 15) is 4.79 Å². The van der Waals surface area contributed by atoms with Crippen LogP contribution in [0.3, 0.4) is 0 Å². The quantitative estimate of drug-likeness (QED) is 0.902. The van der Waals surface area contributed by atoms with Crippen molar-refractivity contribution in [3.05, 3.63) is 42.0 Å². The van der Waals surface area contributed by atoms with E-state index >= 15 is 0 Å². The first-order valence-electron chi connectivity index (χ1n) is 7.89. The van der Waals surface area contributed by atoms with Crippen molar-refractivity contribution in [1.29, 1.82) is 0 Å². The Bertz CT molecular complexity index is 800. The fourth-order valence-corrected chi connectivity index (χ4v) is 2.62. The Morgan fingerprint density at radius 2 is 1.72 bits per heavy atom. The zero-order chi connectivity index (χ0) is 18.0. The molecule has 1 heterocycles. The number of anilines is 1. The molecule has 1 amide bonds. The van der Waals surface area contributed by atoms with E-state index in [1.165, 1.54) is 0 Å². The average molecular weight is 343 g/mol. The summed E-state index contributed by atoms with van der Waals surface area (Å²) < 4.78 is 21.2. The highest BCUT2D eigenvalue weighted by molar-refractivity contribution is 5.98. The van der Waals surface area contributed by atoms with Crippen LogP contribution < -0.4 is 24.3 Å². The molecule has 0 fully saturated rings. The molecule has 0 radical (unpaired) electrons. The van der Waals surface area contributed by atoms with Gasteiger partial charge in [-0.15, -0.1) is 0 Å². The summed E-state index contributed by atoms with van der Waals surface area (Å²) in [5.74, 6) is 2.37. The van der Waals surface area contributed by atoms with Gasteiger partial charge in [-0.25, -0.2) is 0 Å². The molecule has 0 unspecified atom stereocenters. The topological polar surface area (TPSA) is 66.0 Å². The summed E-state index contributed by atoms with van der Waals surface area (Å²) in [6.45, 7) is 3.93. The maximum absolute atomic E-state index is 12.8. The highest BCUT2D eigenvalue weighted by Gasteiger charge is 2.31. The molecule has 0 saturated heterocycles. The van der Waals surface area contributed by atoms with Gasteiger partial charge in [-0.05, 0) is 43.7 Å². The lowest BCUT2D eigenvalue weighted by atomic mass is 9.83. The standard InChI is InChI=1S/C19H21NO5/c1-19(2,12-5-7-15-17(9-12)25-11-24-15)18(21)20-13-6-8-14(22-3)16(10-13)23-4/h5-10H,11H2,1-4H3,(H,20,21). The Morgan fingerprint density at radius 1 is 1.00 bits per heavy atom. The van der Waals surface area contributed by atoms with E-state index in [1.54, 1.807) is 32.4 Å². The molecule has 6 nitrogen and oxygen atoms in total. The minimum Gasteiger partial charge on any atom is -0.493 e. The first kappa shape index (κ1) is 17.0. The number of ether oxygens (including phenoxy) is 4. The van der Waals surface area contributed by atoms with Gasteiger partial charge >= 0.3 is 0 Å². The van der Waals surface area contributed by atoms with Crippen molar-refractivity contribution in [3.8, 4) is 23.0 Å². The van der Waals surface area contributed by atoms with Crippen molar-refractivity contribution >= 4 is 11.6 Å². The van der Waals surface area contributed by atoms with E-state index in [0.29, 0.717) is 28.7 Å². The third-order valence-corrected chi connectivity index (χ3v) is 4.30. The third kappa shape index (κ3) is 3.20. The van der Waals surface area contributed by atoms with Crippen LogP contribution in [-0.4, -0.2) is 26.9 Å². The van der Waals surface area contributed by atoms with Crippen LogP contribution in [0.2, 0.25) is 0 Å². The Kier molecular flexibility index (Phi) is 4.44. The van der Waals surface area contributed by atoms with Crippen molar-refractivity contribution in [2.45, 2.75) is 19.3 Å². The van der Waals surface area contributed by atoms with Crippen LogP contribution in [0.15, 0.2) is 36.4 Å². The van der Waals surface area contributed by atoms with Crippen molar-refractivity contribution in [2.75, 3.05) is 26.3 Å². The number of nitrogens with one attached hydrogen (secondary N) is 1. The number of amides is 1. The lowest BCUT2D eigenvalue weighted by molar-refractivity contribution is -0.120. The molecule has 3 rings (SSSR count). The molecule has 1 aliphatic rings. The summed E-state index contributed by atoms with van der Waals surface area (Å²) in [4.78, 5) is 12.8. The van der Waals surface area contributed by atoms with Crippen molar-refractivity contribution in [2.24, 2.45) is 0 Å². The second-order valence-corrected chi connectivity index (χ2v) is 6.22. The largest absolute Gasteiger partial charge is 0.493 e. The van der Waals surface area contributed by atoms with Gasteiger partial charge in [-0.3, -0.25) is 4.79 Å². The van der Waals surface area contributed by atoms with Gasteiger partial charge in [0.25, 0.3) is 0 Å². The van der Waals surface area contributed by atoms with Gasteiger partial charge in [0.05, 0.1) is 19.6 Å². The zero-order valence-corrected chi connectivity index (χ0v) is 14.7. The number of methoxy groups -OCH3 is 2. The molecule has 0 aliphatic carbocycles. The smallest absolute Gasteiger partial charge is 0.234 e. The third-order valence-electron chi connectivity index (χ3n) is 4.30. The second-order valence-electron chi connectivity index (χ2n) is 6.22. The number of hydrogen-bond acceptors (Lipinski definition) is 5. The fourth-order valence-electron chi connectivity index (χ4n) is 2.62. The maximum Gasteiger partial charge on any atom is 0.234 e. The lowest BCUT2D eigenvalue weighted by Gasteiger charge is -2.24. The molecule has 1 N–H and O–H groups in total. The van der Waals surface area contributed by atoms with Gasteiger partial charge < -0.3 is 24.3 Å². The normalized spacial score (nSPS) is 12.6. The summed E-state index contributed by atoms with van der Waals surface area (Å²) >= 11 is 0. The molecule has 2 aromatic carbocycles. The molecule has 0 atom stereocenters. The van der Waals surface area contributed by atoms with Gasteiger partial charge in [-0.1, -0.05) is 6.07 Å². The van der Waals surface area contributed by atoms with Crippen LogP contribution in [0, 0.1) is 0 Å². The van der Waals surface area contributed by atoms with E-state index in [4.69, 9.17) is 18.9 Å². The fraction of sp³-hybridized carbons (Fsp3) is 0.316. The number of hydrogen-bond donors (Lipinski definition) is 1. The second kappa shape index (κ2) is 6.55. The number of fused-ring (bicyclic) bond motifs is 1. The Balaban J connectivity index is 1.82. The predicted molar refractivity (Wildman–Crippen MR) is 93.8 cm³/mol. The molecule has 0 aromatic heterocycles. The monoisotopic (exact) mass is 343 g/mol. The first-order chi connectivity index (χ1) is 12.0. The zero-order valence-electron chi connectivity index (χ0n) is 14.7. The van der Waals surface area contributed by atoms with E-state index in [1.807, 2.05) is 32.0 Å². The predicted octanol–water partition coefficient (Wildman–Crippen LogP) is 3.35. The van der Waals surface area contributed by atoms with Gasteiger partial charge in [0.1, 0.15) is 0 Å². The molecule has 0 bridgehead atoms. The minimum absolute atomic E-state index is 0.140. The van der Waals surface area contributed by atoms with Crippen molar-refractivity contribution in [3.63, 3.8) is 0 Å². The molecule has 0 saturated carbocycles. The van der Waals surface area contributed by atoms with E-state index in [2.05, 4.69) is 5.32 Å². The summed E-state index contributed by atoms with van der Waals surface area (Å²) in [6, 6.07) is 10.8. The SMILES string of the molecule is COc1ccc(NC(=O)C(C)(C)c2ccc3c(c2)OCO3)cc1OC. The highest BCUT2D eigenvalue weighted by Crippen LogP contribution is 2.37. The average Bonchev–Trinajstić information content (AvgIpc) is 3.09. The number of carbonyl (C=O) groups excluding carboxylic acids is 1. The molecule has 2 aromatic rings. The number of carbonyl (C=O) groups is 1. The Hall–Kier alpha value is -2.89. The summed E-state index contributed by atoms with van der Waals surface area (Å²) in [6.07, 6.45) is 0. The molecular weight excluding hydrogens is 322 g/mol. The van der Waals surface area contributed by atoms with E-state index in [0.717, 1.165) is 5.56 Å². The number of benzene rings is 2. The summed E-state index contributed by atoms with van der Waals surface area (Å²) in [5, 5.41) is 2.93. The van der Waals surface area contributed by atoms with Crippen molar-refractivity contribution < 1.29 is 23.7 Å². The van der Waals surface area contributed by atoms with Crippen LogP contribution in [0.5, 0.6) is 23.0 Å². The Morgan fingerprint density at radius 3 is 2.44 bits per heavy atom. The van der Waals surface area contributed by atoms with Crippen LogP contribution in [-0.2, 0) is 10.2 Å².